The molecule has 1 N–H and O–H groups in total. The Bertz CT molecular complexity index is 381. The summed E-state index contributed by atoms with van der Waals surface area (Å²) in [5, 5.41) is 6.71. The SMILES string of the molecule is CN(Cc1sccc1Cl)C1CC2CCC(C1)N2. The summed E-state index contributed by atoms with van der Waals surface area (Å²) >= 11 is 7.93. The van der Waals surface area contributed by atoms with Crippen LogP contribution >= 0.6 is 22.9 Å². The van der Waals surface area contributed by atoms with Crippen LogP contribution in [0.15, 0.2) is 11.4 Å². The van der Waals surface area contributed by atoms with Gasteiger partial charge in [0.1, 0.15) is 0 Å². The van der Waals surface area contributed by atoms with Crippen molar-refractivity contribution in [2.45, 2.75) is 50.4 Å². The molecule has 2 aliphatic rings. The molecule has 4 heteroatoms. The number of fused-ring (bicyclic) bond motifs is 2. The van der Waals surface area contributed by atoms with E-state index in [-0.39, 0.29) is 0 Å². The molecule has 2 unspecified atom stereocenters. The Hall–Kier alpha value is -0.0900. The van der Waals surface area contributed by atoms with Crippen LogP contribution in [-0.4, -0.2) is 30.1 Å². The van der Waals surface area contributed by atoms with Gasteiger partial charge in [0.15, 0.2) is 0 Å². The molecule has 3 rings (SSSR count). The van der Waals surface area contributed by atoms with E-state index < -0.39 is 0 Å². The number of piperidine rings is 1. The minimum atomic E-state index is 0.729. The molecule has 0 radical (unpaired) electrons. The second-order valence-electron chi connectivity index (χ2n) is 5.37. The van der Waals surface area contributed by atoms with Crippen LogP contribution in [0.5, 0.6) is 0 Å². The number of hydrogen-bond donors (Lipinski definition) is 1. The maximum absolute atomic E-state index is 6.16. The lowest BCUT2D eigenvalue weighted by atomic mass is 9.98. The lowest BCUT2D eigenvalue weighted by Crippen LogP contribution is -2.46. The minimum absolute atomic E-state index is 0.729. The minimum Gasteiger partial charge on any atom is -0.311 e. The van der Waals surface area contributed by atoms with Gasteiger partial charge in [-0.05, 0) is 44.2 Å². The molecule has 17 heavy (non-hydrogen) atoms. The number of thiophene rings is 1. The van der Waals surface area contributed by atoms with Crippen LogP contribution in [0.25, 0.3) is 0 Å². The molecule has 0 aliphatic carbocycles. The highest BCUT2D eigenvalue weighted by atomic mass is 35.5. The van der Waals surface area contributed by atoms with Crippen molar-refractivity contribution < 1.29 is 0 Å². The summed E-state index contributed by atoms with van der Waals surface area (Å²) < 4.78 is 0. The molecular weight excluding hydrogens is 252 g/mol. The van der Waals surface area contributed by atoms with Crippen LogP contribution in [-0.2, 0) is 6.54 Å². The lowest BCUT2D eigenvalue weighted by molar-refractivity contribution is 0.167. The summed E-state index contributed by atoms with van der Waals surface area (Å²) in [6.07, 6.45) is 5.34. The quantitative estimate of drug-likeness (QED) is 0.908. The lowest BCUT2D eigenvalue weighted by Gasteiger charge is -2.35. The average Bonchev–Trinajstić information content (AvgIpc) is 2.86. The van der Waals surface area contributed by atoms with Gasteiger partial charge in [0, 0.05) is 29.5 Å². The van der Waals surface area contributed by atoms with Gasteiger partial charge < -0.3 is 5.32 Å². The van der Waals surface area contributed by atoms with Gasteiger partial charge in [0.05, 0.1) is 5.02 Å². The van der Waals surface area contributed by atoms with E-state index in [2.05, 4.69) is 22.6 Å². The third kappa shape index (κ3) is 2.53. The van der Waals surface area contributed by atoms with E-state index in [1.807, 2.05) is 6.07 Å². The fraction of sp³-hybridized carbons (Fsp3) is 0.692. The highest BCUT2D eigenvalue weighted by Gasteiger charge is 2.35. The first-order chi connectivity index (χ1) is 8.22. The zero-order valence-electron chi connectivity index (χ0n) is 10.2. The first-order valence-electron chi connectivity index (χ1n) is 6.40. The maximum Gasteiger partial charge on any atom is 0.0558 e. The van der Waals surface area contributed by atoms with Gasteiger partial charge in [-0.3, -0.25) is 4.90 Å². The van der Waals surface area contributed by atoms with E-state index in [0.29, 0.717) is 0 Å². The van der Waals surface area contributed by atoms with Crippen molar-refractivity contribution in [3.63, 3.8) is 0 Å². The highest BCUT2D eigenvalue weighted by molar-refractivity contribution is 7.10. The normalized spacial score (nSPS) is 32.3. The van der Waals surface area contributed by atoms with Gasteiger partial charge in [0.2, 0.25) is 0 Å². The molecule has 2 saturated heterocycles. The van der Waals surface area contributed by atoms with Crippen molar-refractivity contribution in [3.8, 4) is 0 Å². The van der Waals surface area contributed by atoms with E-state index in [4.69, 9.17) is 11.6 Å². The molecule has 1 aromatic rings. The Morgan fingerprint density at radius 3 is 2.71 bits per heavy atom. The summed E-state index contributed by atoms with van der Waals surface area (Å²) in [5.74, 6) is 0. The van der Waals surface area contributed by atoms with Crippen molar-refractivity contribution in [2.75, 3.05) is 7.05 Å². The summed E-state index contributed by atoms with van der Waals surface area (Å²) in [6.45, 7) is 1.00. The van der Waals surface area contributed by atoms with Crippen LogP contribution < -0.4 is 5.32 Å². The molecule has 3 heterocycles. The predicted octanol–water partition coefficient (Wildman–Crippen LogP) is 3.12. The van der Waals surface area contributed by atoms with Crippen LogP contribution in [0.3, 0.4) is 0 Å². The van der Waals surface area contributed by atoms with Crippen LogP contribution in [0.1, 0.15) is 30.6 Å². The van der Waals surface area contributed by atoms with Gasteiger partial charge in [-0.25, -0.2) is 0 Å². The van der Waals surface area contributed by atoms with Crippen molar-refractivity contribution in [1.82, 2.24) is 10.2 Å². The highest BCUT2D eigenvalue weighted by Crippen LogP contribution is 2.31. The van der Waals surface area contributed by atoms with Crippen LogP contribution in [0.4, 0.5) is 0 Å². The summed E-state index contributed by atoms with van der Waals surface area (Å²) in [5.41, 5.74) is 0. The molecule has 0 spiro atoms. The molecule has 2 atom stereocenters. The second-order valence-corrected chi connectivity index (χ2v) is 6.78. The zero-order valence-corrected chi connectivity index (χ0v) is 11.7. The molecule has 1 aromatic heterocycles. The van der Waals surface area contributed by atoms with Gasteiger partial charge in [-0.1, -0.05) is 11.6 Å². The van der Waals surface area contributed by atoms with E-state index >= 15 is 0 Å². The van der Waals surface area contributed by atoms with E-state index in [9.17, 15) is 0 Å². The molecule has 0 saturated carbocycles. The summed E-state index contributed by atoms with van der Waals surface area (Å²) in [4.78, 5) is 3.80. The number of halogens is 1. The zero-order chi connectivity index (χ0) is 11.8. The Balaban J connectivity index is 1.63. The Morgan fingerprint density at radius 2 is 2.12 bits per heavy atom. The van der Waals surface area contributed by atoms with Crippen LogP contribution in [0.2, 0.25) is 5.02 Å². The molecule has 0 aromatic carbocycles. The van der Waals surface area contributed by atoms with Crippen molar-refractivity contribution in [2.24, 2.45) is 0 Å². The van der Waals surface area contributed by atoms with Crippen molar-refractivity contribution in [1.29, 1.82) is 0 Å². The molecule has 2 fully saturated rings. The van der Waals surface area contributed by atoms with Gasteiger partial charge in [-0.15, -0.1) is 11.3 Å². The molecule has 94 valence electrons. The van der Waals surface area contributed by atoms with Gasteiger partial charge >= 0.3 is 0 Å². The number of rotatable bonds is 3. The fourth-order valence-electron chi connectivity index (χ4n) is 3.18. The first kappa shape index (κ1) is 12.0. The standard InChI is InChI=1S/C13H19ClN2S/c1-16(8-13-12(14)4-5-17-13)11-6-9-2-3-10(7-11)15-9/h4-5,9-11,15H,2-3,6-8H2,1H3. The number of hydrogen-bond acceptors (Lipinski definition) is 3. The molecular formula is C13H19ClN2S. The van der Waals surface area contributed by atoms with E-state index in [1.54, 1.807) is 11.3 Å². The van der Waals surface area contributed by atoms with Gasteiger partial charge in [0.25, 0.3) is 0 Å². The Morgan fingerprint density at radius 1 is 1.41 bits per heavy atom. The molecule has 2 aliphatic heterocycles. The Kier molecular flexibility index (Phi) is 3.44. The molecule has 0 amide bonds. The second kappa shape index (κ2) is 4.88. The van der Waals surface area contributed by atoms with E-state index in [1.165, 1.54) is 30.6 Å². The first-order valence-corrected chi connectivity index (χ1v) is 7.66. The van der Waals surface area contributed by atoms with Gasteiger partial charge in [-0.2, -0.15) is 0 Å². The number of nitrogens with zero attached hydrogens (tertiary/aromatic N) is 1. The fourth-order valence-corrected chi connectivity index (χ4v) is 4.34. The topological polar surface area (TPSA) is 15.3 Å². The Labute approximate surface area is 112 Å². The monoisotopic (exact) mass is 270 g/mol. The average molecular weight is 271 g/mol. The number of nitrogens with one attached hydrogen (secondary N) is 1. The van der Waals surface area contributed by atoms with Crippen LogP contribution in [0, 0.1) is 0 Å². The van der Waals surface area contributed by atoms with Crippen molar-refractivity contribution >= 4 is 22.9 Å². The maximum atomic E-state index is 6.16. The van der Waals surface area contributed by atoms with Crippen molar-refractivity contribution in [3.05, 3.63) is 21.3 Å². The third-order valence-corrected chi connectivity index (χ3v) is 5.53. The molecule has 2 bridgehead atoms. The predicted molar refractivity (Wildman–Crippen MR) is 73.8 cm³/mol. The summed E-state index contributed by atoms with van der Waals surface area (Å²) in [6, 6.07) is 4.26. The summed E-state index contributed by atoms with van der Waals surface area (Å²) in [7, 11) is 2.24. The van der Waals surface area contributed by atoms with E-state index in [0.717, 1.165) is 29.7 Å². The third-order valence-electron chi connectivity index (χ3n) is 4.16. The smallest absolute Gasteiger partial charge is 0.0558 e. The largest absolute Gasteiger partial charge is 0.311 e. The molecule has 2 nitrogen and oxygen atoms in total.